The van der Waals surface area contributed by atoms with Gasteiger partial charge in [-0.05, 0) is 68.6 Å². The van der Waals surface area contributed by atoms with Crippen LogP contribution >= 0.6 is 0 Å². The number of nitrogens with zero attached hydrogens (tertiary/aromatic N) is 4. The standard InChI is InChI=1S/C29H36FN5O6/c1-17-13-19(6-7-21(17)30)14-31-24(37)22-23(36)25(38)35-15-18-8-10-29(11-9-18,28(35)32-22)34(3)27(40)26(39)33(2)16-20-5-4-12-41-20/h6-7,13,18,20,36H,4-5,8-12,14-16H2,1-3H3,(H,31,37). The van der Waals surface area contributed by atoms with Gasteiger partial charge in [-0.3, -0.25) is 23.7 Å². The van der Waals surface area contributed by atoms with Crippen LogP contribution in [-0.2, 0) is 33.0 Å². The predicted molar refractivity (Wildman–Crippen MR) is 145 cm³/mol. The molecule has 220 valence electrons. The molecule has 2 bridgehead atoms. The molecular formula is C29H36FN5O6. The van der Waals surface area contributed by atoms with Crippen molar-refractivity contribution in [3.8, 4) is 5.75 Å². The Morgan fingerprint density at radius 1 is 1.20 bits per heavy atom. The number of halogens is 1. The van der Waals surface area contributed by atoms with Gasteiger partial charge in [-0.15, -0.1) is 0 Å². The molecular weight excluding hydrogens is 533 g/mol. The molecule has 2 fully saturated rings. The summed E-state index contributed by atoms with van der Waals surface area (Å²) >= 11 is 0. The molecule has 6 rings (SSSR count). The van der Waals surface area contributed by atoms with Crippen LogP contribution in [0.3, 0.4) is 0 Å². The lowest BCUT2D eigenvalue weighted by molar-refractivity contribution is -0.156. The van der Waals surface area contributed by atoms with Crippen molar-refractivity contribution in [3.63, 3.8) is 0 Å². The van der Waals surface area contributed by atoms with Crippen LogP contribution in [0.2, 0.25) is 0 Å². The first-order chi connectivity index (χ1) is 19.5. The van der Waals surface area contributed by atoms with Crippen LogP contribution in [0.4, 0.5) is 4.39 Å². The van der Waals surface area contributed by atoms with Crippen molar-refractivity contribution in [2.75, 3.05) is 27.2 Å². The number of aromatic hydroxyl groups is 1. The molecule has 2 aromatic rings. The smallest absolute Gasteiger partial charge is 0.312 e. The highest BCUT2D eigenvalue weighted by atomic mass is 19.1. The van der Waals surface area contributed by atoms with Crippen molar-refractivity contribution < 1.29 is 28.6 Å². The maximum absolute atomic E-state index is 13.6. The molecule has 1 saturated carbocycles. The molecule has 3 amide bonds. The highest BCUT2D eigenvalue weighted by Gasteiger charge is 2.50. The van der Waals surface area contributed by atoms with Crippen LogP contribution in [0.5, 0.6) is 5.75 Å². The number of ether oxygens (including phenoxy) is 1. The summed E-state index contributed by atoms with van der Waals surface area (Å²) < 4.78 is 20.6. The summed E-state index contributed by atoms with van der Waals surface area (Å²) in [5.41, 5.74) is -1.27. The van der Waals surface area contributed by atoms with Crippen LogP contribution in [0, 0.1) is 18.7 Å². The third-order valence-corrected chi connectivity index (χ3v) is 8.80. The van der Waals surface area contributed by atoms with Crippen molar-refractivity contribution in [1.82, 2.24) is 24.7 Å². The second-order valence-electron chi connectivity index (χ2n) is 11.5. The van der Waals surface area contributed by atoms with E-state index in [0.29, 0.717) is 56.5 Å². The Kier molecular flexibility index (Phi) is 7.87. The fraction of sp³-hybridized carbons (Fsp3) is 0.552. The van der Waals surface area contributed by atoms with Gasteiger partial charge in [-0.1, -0.05) is 12.1 Å². The summed E-state index contributed by atoms with van der Waals surface area (Å²) in [4.78, 5) is 60.6. The summed E-state index contributed by atoms with van der Waals surface area (Å²) in [7, 11) is 3.10. The highest BCUT2D eigenvalue weighted by Crippen LogP contribution is 2.46. The van der Waals surface area contributed by atoms with Crippen LogP contribution in [0.25, 0.3) is 0 Å². The van der Waals surface area contributed by atoms with E-state index < -0.39 is 40.3 Å². The predicted octanol–water partition coefficient (Wildman–Crippen LogP) is 1.82. The van der Waals surface area contributed by atoms with Crippen molar-refractivity contribution in [2.24, 2.45) is 5.92 Å². The average Bonchev–Trinajstić information content (AvgIpc) is 3.36. The Bertz CT molecular complexity index is 1430. The number of aryl methyl sites for hydroxylation is 1. The van der Waals surface area contributed by atoms with E-state index >= 15 is 0 Å². The number of fused-ring (bicyclic) bond motifs is 2. The second kappa shape index (κ2) is 11.2. The van der Waals surface area contributed by atoms with Crippen LogP contribution < -0.4 is 10.9 Å². The van der Waals surface area contributed by atoms with E-state index in [0.717, 1.165) is 12.8 Å². The monoisotopic (exact) mass is 569 g/mol. The van der Waals surface area contributed by atoms with Gasteiger partial charge >= 0.3 is 11.8 Å². The lowest BCUT2D eigenvalue weighted by atomic mass is 9.76. The third kappa shape index (κ3) is 5.32. The first-order valence-electron chi connectivity index (χ1n) is 14.0. The van der Waals surface area contributed by atoms with Crippen molar-refractivity contribution in [3.05, 3.63) is 57.0 Å². The Hall–Kier alpha value is -3.80. The van der Waals surface area contributed by atoms with E-state index in [9.17, 15) is 28.7 Å². The van der Waals surface area contributed by atoms with E-state index in [1.165, 1.54) is 33.5 Å². The molecule has 1 saturated heterocycles. The van der Waals surface area contributed by atoms with Gasteiger partial charge in [0.1, 0.15) is 17.2 Å². The molecule has 3 aliphatic heterocycles. The minimum Gasteiger partial charge on any atom is -0.501 e. The van der Waals surface area contributed by atoms with Gasteiger partial charge in [-0.2, -0.15) is 0 Å². The van der Waals surface area contributed by atoms with E-state index in [1.54, 1.807) is 20.0 Å². The van der Waals surface area contributed by atoms with Crippen LogP contribution in [0.15, 0.2) is 23.0 Å². The summed E-state index contributed by atoms with van der Waals surface area (Å²) in [6, 6.07) is 4.42. The fourth-order valence-electron chi connectivity index (χ4n) is 6.29. The molecule has 1 aromatic heterocycles. The summed E-state index contributed by atoms with van der Waals surface area (Å²) in [6.07, 6.45) is 3.90. The molecule has 4 heterocycles. The number of carbonyl (C=O) groups is 3. The van der Waals surface area contributed by atoms with E-state index in [2.05, 4.69) is 10.3 Å². The summed E-state index contributed by atoms with van der Waals surface area (Å²) in [5.74, 6) is -3.03. The zero-order valence-electron chi connectivity index (χ0n) is 23.6. The molecule has 41 heavy (non-hydrogen) atoms. The molecule has 2 N–H and O–H groups in total. The number of nitrogens with one attached hydrogen (secondary N) is 1. The second-order valence-corrected chi connectivity index (χ2v) is 11.5. The number of rotatable bonds is 6. The minimum atomic E-state index is -1.11. The molecule has 4 aliphatic rings. The molecule has 0 spiro atoms. The normalized spacial score (nSPS) is 23.0. The average molecular weight is 570 g/mol. The summed E-state index contributed by atoms with van der Waals surface area (Å²) in [6.45, 7) is 2.86. The Labute approximate surface area is 237 Å². The van der Waals surface area contributed by atoms with Gasteiger partial charge in [0.25, 0.3) is 11.5 Å². The number of hydrogen-bond donors (Lipinski definition) is 2. The number of carbonyl (C=O) groups excluding carboxylic acids is 3. The van der Waals surface area contributed by atoms with Gasteiger partial charge in [0.15, 0.2) is 5.69 Å². The molecule has 12 heteroatoms. The lowest BCUT2D eigenvalue weighted by Gasteiger charge is -2.43. The van der Waals surface area contributed by atoms with Crippen LogP contribution in [-0.4, -0.2) is 75.5 Å². The zero-order chi connectivity index (χ0) is 29.5. The maximum atomic E-state index is 13.6. The Morgan fingerprint density at radius 2 is 1.93 bits per heavy atom. The Balaban J connectivity index is 1.45. The molecule has 1 aromatic carbocycles. The highest BCUT2D eigenvalue weighted by molar-refractivity contribution is 6.35. The van der Waals surface area contributed by atoms with Gasteiger partial charge < -0.3 is 25.0 Å². The van der Waals surface area contributed by atoms with Crippen molar-refractivity contribution >= 4 is 17.7 Å². The van der Waals surface area contributed by atoms with Gasteiger partial charge in [-0.25, -0.2) is 9.37 Å². The molecule has 1 aliphatic carbocycles. The Morgan fingerprint density at radius 3 is 2.59 bits per heavy atom. The number of likely N-dealkylation sites (N-methyl/N-ethyl adjacent to an activating group) is 2. The minimum absolute atomic E-state index is 0.0244. The number of benzene rings is 1. The topological polar surface area (TPSA) is 134 Å². The summed E-state index contributed by atoms with van der Waals surface area (Å²) in [5, 5.41) is 13.4. The SMILES string of the molecule is Cc1cc(CNC(=O)c2nc3n(c(=O)c2O)CC2CCC3(N(C)C(=O)C(=O)N(C)CC3CCCO3)CC2)ccc1F. The van der Waals surface area contributed by atoms with Crippen molar-refractivity contribution in [2.45, 2.75) is 70.2 Å². The van der Waals surface area contributed by atoms with Gasteiger partial charge in [0.05, 0.1) is 6.10 Å². The van der Waals surface area contributed by atoms with Crippen molar-refractivity contribution in [1.29, 1.82) is 0 Å². The van der Waals surface area contributed by atoms with E-state index in [1.807, 2.05) is 0 Å². The maximum Gasteiger partial charge on any atom is 0.312 e. The quantitative estimate of drug-likeness (QED) is 0.507. The molecule has 1 unspecified atom stereocenters. The molecule has 1 atom stereocenters. The van der Waals surface area contributed by atoms with Crippen LogP contribution in [0.1, 0.15) is 66.0 Å². The van der Waals surface area contributed by atoms with E-state index in [-0.39, 0.29) is 30.2 Å². The number of hydrogen-bond acceptors (Lipinski definition) is 7. The zero-order valence-corrected chi connectivity index (χ0v) is 23.6. The fourth-order valence-corrected chi connectivity index (χ4v) is 6.29. The van der Waals surface area contributed by atoms with Gasteiger partial charge in [0, 0.05) is 40.3 Å². The molecule has 0 radical (unpaired) electrons. The van der Waals surface area contributed by atoms with E-state index in [4.69, 9.17) is 4.74 Å². The van der Waals surface area contributed by atoms with Gasteiger partial charge in [0.2, 0.25) is 5.75 Å². The first kappa shape index (κ1) is 28.7. The first-order valence-corrected chi connectivity index (χ1v) is 14.0. The lowest BCUT2D eigenvalue weighted by Crippen LogP contribution is -2.55. The largest absolute Gasteiger partial charge is 0.501 e. The number of amides is 3. The molecule has 11 nitrogen and oxygen atoms in total. The third-order valence-electron chi connectivity index (χ3n) is 8.80. The number of aromatic nitrogens is 2.